The Hall–Kier alpha value is -2.69. The van der Waals surface area contributed by atoms with E-state index in [0.29, 0.717) is 18.5 Å². The normalized spacial score (nSPS) is 29.5. The number of carbonyl (C=O) groups is 1. The van der Waals surface area contributed by atoms with Crippen LogP contribution in [0.1, 0.15) is 104 Å². The Kier molecular flexibility index (Phi) is 6.82. The summed E-state index contributed by atoms with van der Waals surface area (Å²) in [5.74, 6) is -0.856. The van der Waals surface area contributed by atoms with Gasteiger partial charge in [0.15, 0.2) is 5.69 Å². The third kappa shape index (κ3) is 4.89. The molecule has 4 heterocycles. The number of carbonyl (C=O) groups excluding carboxylic acids is 1. The molecule has 0 N–H and O–H groups in total. The topological polar surface area (TPSA) is 90.6 Å². The van der Waals surface area contributed by atoms with Crippen molar-refractivity contribution in [2.45, 2.75) is 107 Å². The SMILES string of the molecule is COC(=O)c1cnc(N2[C@@H]3CC[C@H]2C[C@@H](OCc2c([C@H]4CCCC[C@@H]4C(F)(F)F)noc2C2CC2)C3)cn1. The van der Waals surface area contributed by atoms with Crippen molar-refractivity contribution in [1.29, 1.82) is 0 Å². The molecule has 4 fully saturated rings. The first kappa shape index (κ1) is 25.6. The van der Waals surface area contributed by atoms with E-state index in [2.05, 4.69) is 20.0 Å². The fourth-order valence-corrected chi connectivity index (χ4v) is 6.79. The van der Waals surface area contributed by atoms with Gasteiger partial charge in [0, 0.05) is 29.5 Å². The number of fused-ring (bicyclic) bond motifs is 2. The van der Waals surface area contributed by atoms with Crippen molar-refractivity contribution in [3.8, 4) is 0 Å². The molecule has 38 heavy (non-hydrogen) atoms. The van der Waals surface area contributed by atoms with Gasteiger partial charge in [0.05, 0.1) is 43.8 Å². The second-order valence-electron chi connectivity index (χ2n) is 11.2. The van der Waals surface area contributed by atoms with Gasteiger partial charge in [-0.25, -0.2) is 14.8 Å². The van der Waals surface area contributed by atoms with Gasteiger partial charge in [-0.15, -0.1) is 0 Å². The quantitative estimate of drug-likeness (QED) is 0.419. The molecule has 2 saturated heterocycles. The van der Waals surface area contributed by atoms with E-state index >= 15 is 0 Å². The second kappa shape index (κ2) is 10.1. The van der Waals surface area contributed by atoms with Gasteiger partial charge >= 0.3 is 12.1 Å². The van der Waals surface area contributed by atoms with E-state index in [-0.39, 0.29) is 42.8 Å². The van der Waals surface area contributed by atoms with E-state index in [1.165, 1.54) is 13.3 Å². The molecular formula is C27H33F3N4O4. The van der Waals surface area contributed by atoms with E-state index in [4.69, 9.17) is 14.0 Å². The average molecular weight is 535 g/mol. The molecule has 206 valence electrons. The number of anilines is 1. The summed E-state index contributed by atoms with van der Waals surface area (Å²) in [5.41, 5.74) is 1.39. The molecule has 0 amide bonds. The van der Waals surface area contributed by atoms with E-state index < -0.39 is 24.0 Å². The zero-order valence-electron chi connectivity index (χ0n) is 21.5. The van der Waals surface area contributed by atoms with Crippen LogP contribution < -0.4 is 4.90 Å². The Bertz CT molecular complexity index is 1140. The summed E-state index contributed by atoms with van der Waals surface area (Å²) in [4.78, 5) is 22.6. The molecule has 2 saturated carbocycles. The summed E-state index contributed by atoms with van der Waals surface area (Å²) < 4.78 is 58.5. The number of esters is 1. The third-order valence-electron chi connectivity index (χ3n) is 8.79. The first-order valence-corrected chi connectivity index (χ1v) is 13.7. The van der Waals surface area contributed by atoms with Crippen molar-refractivity contribution in [1.82, 2.24) is 15.1 Å². The number of ether oxygens (including phenoxy) is 2. The van der Waals surface area contributed by atoms with Crippen LogP contribution in [0, 0.1) is 5.92 Å². The van der Waals surface area contributed by atoms with E-state index in [0.717, 1.165) is 62.1 Å². The Morgan fingerprint density at radius 1 is 1.05 bits per heavy atom. The van der Waals surface area contributed by atoms with Crippen LogP contribution in [0.4, 0.5) is 19.0 Å². The average Bonchev–Trinajstić information content (AvgIpc) is 3.62. The number of aromatic nitrogens is 3. The Balaban J connectivity index is 1.16. The number of hydrogen-bond acceptors (Lipinski definition) is 8. The molecule has 2 aromatic heterocycles. The number of alkyl halides is 3. The molecule has 5 atom stereocenters. The lowest BCUT2D eigenvalue weighted by Crippen LogP contribution is -2.46. The molecule has 2 bridgehead atoms. The van der Waals surface area contributed by atoms with Crippen LogP contribution in [-0.4, -0.2) is 52.6 Å². The summed E-state index contributed by atoms with van der Waals surface area (Å²) in [6.07, 6.45) is 6.36. The smallest absolute Gasteiger partial charge is 0.392 e. The predicted molar refractivity (Wildman–Crippen MR) is 130 cm³/mol. The first-order chi connectivity index (χ1) is 18.3. The number of methoxy groups -OCH3 is 1. The molecule has 8 nitrogen and oxygen atoms in total. The highest BCUT2D eigenvalue weighted by Crippen LogP contribution is 2.50. The van der Waals surface area contributed by atoms with Gasteiger partial charge in [-0.1, -0.05) is 18.0 Å². The minimum atomic E-state index is -4.24. The summed E-state index contributed by atoms with van der Waals surface area (Å²) in [7, 11) is 1.31. The second-order valence-corrected chi connectivity index (χ2v) is 11.2. The van der Waals surface area contributed by atoms with Crippen LogP contribution in [0.25, 0.3) is 0 Å². The number of halogens is 3. The molecule has 0 aromatic carbocycles. The van der Waals surface area contributed by atoms with Gasteiger partial charge in [-0.3, -0.25) is 0 Å². The standard InChI is InChI=1S/C27H33F3N4O4/c1-36-26(35)22-12-32-23(13-31-22)34-16-8-9-17(34)11-18(10-16)37-14-20-24(33-38-25(20)15-6-7-15)19-4-2-3-5-21(19)27(28,29)30/h12-13,15-19,21H,2-11,14H2,1H3/t16-,17+,18+,19-,21-/m0/s1. The first-order valence-electron chi connectivity index (χ1n) is 13.7. The largest absolute Gasteiger partial charge is 0.464 e. The van der Waals surface area contributed by atoms with Crippen LogP contribution in [0.2, 0.25) is 0 Å². The fraction of sp³-hybridized carbons (Fsp3) is 0.704. The van der Waals surface area contributed by atoms with Gasteiger partial charge in [0.2, 0.25) is 0 Å². The maximum atomic E-state index is 13.9. The van der Waals surface area contributed by atoms with E-state index in [9.17, 15) is 18.0 Å². The van der Waals surface area contributed by atoms with Gasteiger partial charge in [0.25, 0.3) is 0 Å². The number of rotatable bonds is 7. The Labute approximate surface area is 219 Å². The van der Waals surface area contributed by atoms with Crippen LogP contribution in [0.15, 0.2) is 16.9 Å². The van der Waals surface area contributed by atoms with Crippen molar-refractivity contribution in [2.75, 3.05) is 12.0 Å². The number of nitrogens with zero attached hydrogens (tertiary/aromatic N) is 4. The van der Waals surface area contributed by atoms with Crippen molar-refractivity contribution in [2.24, 2.45) is 5.92 Å². The molecule has 2 aromatic rings. The lowest BCUT2D eigenvalue weighted by atomic mass is 9.76. The summed E-state index contributed by atoms with van der Waals surface area (Å²) in [5, 5.41) is 4.24. The van der Waals surface area contributed by atoms with Crippen LogP contribution in [0.5, 0.6) is 0 Å². The van der Waals surface area contributed by atoms with Crippen molar-refractivity contribution < 1.29 is 32.0 Å². The third-order valence-corrected chi connectivity index (χ3v) is 8.79. The Morgan fingerprint density at radius 2 is 1.79 bits per heavy atom. The van der Waals surface area contributed by atoms with Crippen LogP contribution >= 0.6 is 0 Å². The molecule has 0 spiro atoms. The van der Waals surface area contributed by atoms with Crippen LogP contribution in [-0.2, 0) is 16.1 Å². The summed E-state index contributed by atoms with van der Waals surface area (Å²) in [6.45, 7) is 0.240. The minimum absolute atomic E-state index is 0.00868. The molecule has 11 heteroatoms. The van der Waals surface area contributed by atoms with Gasteiger partial charge in [-0.05, 0) is 51.4 Å². The highest BCUT2D eigenvalue weighted by Gasteiger charge is 2.49. The van der Waals surface area contributed by atoms with Gasteiger partial charge < -0.3 is 18.9 Å². The highest BCUT2D eigenvalue weighted by molar-refractivity contribution is 5.86. The van der Waals surface area contributed by atoms with Gasteiger partial charge in [-0.2, -0.15) is 13.2 Å². The number of piperidine rings is 1. The summed E-state index contributed by atoms with van der Waals surface area (Å²) in [6, 6.07) is 0.463. The monoisotopic (exact) mass is 534 g/mol. The zero-order valence-corrected chi connectivity index (χ0v) is 21.5. The van der Waals surface area contributed by atoms with E-state index in [1.807, 2.05) is 0 Å². The fourth-order valence-electron chi connectivity index (χ4n) is 6.79. The lowest BCUT2D eigenvalue weighted by Gasteiger charge is -2.39. The van der Waals surface area contributed by atoms with Crippen molar-refractivity contribution >= 4 is 11.8 Å². The maximum Gasteiger partial charge on any atom is 0.392 e. The van der Waals surface area contributed by atoms with Gasteiger partial charge in [0.1, 0.15) is 11.6 Å². The molecule has 0 radical (unpaired) electrons. The molecule has 0 unspecified atom stereocenters. The predicted octanol–water partition coefficient (Wildman–Crippen LogP) is 5.68. The summed E-state index contributed by atoms with van der Waals surface area (Å²) >= 11 is 0. The van der Waals surface area contributed by atoms with Crippen molar-refractivity contribution in [3.63, 3.8) is 0 Å². The molecule has 4 aliphatic rings. The number of hydrogen-bond donors (Lipinski definition) is 0. The molecular weight excluding hydrogens is 501 g/mol. The van der Waals surface area contributed by atoms with E-state index in [1.54, 1.807) is 6.20 Å². The Morgan fingerprint density at radius 3 is 2.42 bits per heavy atom. The molecule has 6 rings (SSSR count). The maximum absolute atomic E-state index is 13.9. The zero-order chi connectivity index (χ0) is 26.4. The molecule has 2 aliphatic heterocycles. The minimum Gasteiger partial charge on any atom is -0.464 e. The lowest BCUT2D eigenvalue weighted by molar-refractivity contribution is -0.187. The van der Waals surface area contributed by atoms with Crippen LogP contribution in [0.3, 0.4) is 0 Å². The molecule has 2 aliphatic carbocycles. The highest BCUT2D eigenvalue weighted by atomic mass is 19.4. The van der Waals surface area contributed by atoms with Crippen molar-refractivity contribution in [3.05, 3.63) is 35.1 Å².